The summed E-state index contributed by atoms with van der Waals surface area (Å²) in [5.74, 6) is 0.00110. The summed E-state index contributed by atoms with van der Waals surface area (Å²) < 4.78 is 23.1. The molecule has 2 rings (SSSR count). The van der Waals surface area contributed by atoms with Gasteiger partial charge in [0, 0.05) is 18.7 Å². The Kier molecular flexibility index (Phi) is 5.53. The molecule has 0 N–H and O–H groups in total. The van der Waals surface area contributed by atoms with Crippen LogP contribution in [-0.4, -0.2) is 43.3 Å². The van der Waals surface area contributed by atoms with Gasteiger partial charge in [0.15, 0.2) is 9.84 Å². The molecule has 1 saturated heterocycles. The Labute approximate surface area is 140 Å². The second kappa shape index (κ2) is 7.02. The van der Waals surface area contributed by atoms with Crippen molar-refractivity contribution >= 4 is 45.0 Å². The van der Waals surface area contributed by atoms with Crippen LogP contribution >= 0.6 is 23.2 Å². The molecular weight excluding hydrogens is 345 g/mol. The van der Waals surface area contributed by atoms with E-state index in [1.165, 1.54) is 6.08 Å². The van der Waals surface area contributed by atoms with Crippen molar-refractivity contribution in [1.29, 1.82) is 0 Å². The van der Waals surface area contributed by atoms with Crippen molar-refractivity contribution in [2.75, 3.05) is 18.1 Å². The molecule has 0 spiro atoms. The van der Waals surface area contributed by atoms with Gasteiger partial charge < -0.3 is 4.90 Å². The van der Waals surface area contributed by atoms with Gasteiger partial charge in [-0.05, 0) is 37.1 Å². The number of likely N-dealkylation sites (N-methyl/N-ethyl adjacent to an activating group) is 1. The minimum Gasteiger partial charge on any atom is -0.335 e. The number of benzene rings is 1. The lowest BCUT2D eigenvalue weighted by atomic mass is 10.2. The molecule has 1 amide bonds. The highest BCUT2D eigenvalue weighted by Gasteiger charge is 2.33. The summed E-state index contributed by atoms with van der Waals surface area (Å²) in [5, 5.41) is 0.877. The topological polar surface area (TPSA) is 54.5 Å². The standard InChI is InChI=1S/C15H17Cl2NO3S/c1-2-18(12-7-8-22(20,21)10-12)15(19)6-4-11-3-5-13(16)14(17)9-11/h3-6,9,12H,2,7-8,10H2,1H3/b6-4+. The molecule has 1 aromatic carbocycles. The molecule has 1 aliphatic heterocycles. The molecular formula is C15H17Cl2NO3S. The monoisotopic (exact) mass is 361 g/mol. The number of hydrogen-bond acceptors (Lipinski definition) is 3. The van der Waals surface area contributed by atoms with E-state index in [1.54, 1.807) is 29.2 Å². The zero-order chi connectivity index (χ0) is 16.3. The van der Waals surface area contributed by atoms with Crippen LogP contribution in [0.25, 0.3) is 6.08 Å². The molecule has 120 valence electrons. The quantitative estimate of drug-likeness (QED) is 0.774. The summed E-state index contributed by atoms with van der Waals surface area (Å²) >= 11 is 11.8. The van der Waals surface area contributed by atoms with Crippen molar-refractivity contribution in [3.8, 4) is 0 Å². The third-order valence-electron chi connectivity index (χ3n) is 3.63. The molecule has 1 heterocycles. The van der Waals surface area contributed by atoms with E-state index in [4.69, 9.17) is 23.2 Å². The van der Waals surface area contributed by atoms with Crippen molar-refractivity contribution < 1.29 is 13.2 Å². The van der Waals surface area contributed by atoms with Crippen LogP contribution in [-0.2, 0) is 14.6 Å². The van der Waals surface area contributed by atoms with Crippen LogP contribution in [0.2, 0.25) is 10.0 Å². The first-order valence-electron chi connectivity index (χ1n) is 6.96. The number of carbonyl (C=O) groups excluding carboxylic acids is 1. The van der Waals surface area contributed by atoms with Crippen LogP contribution in [0.4, 0.5) is 0 Å². The van der Waals surface area contributed by atoms with Crippen LogP contribution < -0.4 is 0 Å². The van der Waals surface area contributed by atoms with Crippen molar-refractivity contribution in [1.82, 2.24) is 4.90 Å². The van der Waals surface area contributed by atoms with Gasteiger partial charge in [0.05, 0.1) is 21.6 Å². The summed E-state index contributed by atoms with van der Waals surface area (Å²) in [5.41, 5.74) is 0.762. The van der Waals surface area contributed by atoms with E-state index in [-0.39, 0.29) is 23.5 Å². The molecule has 0 bridgehead atoms. The molecule has 7 heteroatoms. The summed E-state index contributed by atoms with van der Waals surface area (Å²) in [4.78, 5) is 13.9. The molecule has 0 aromatic heterocycles. The zero-order valence-corrected chi connectivity index (χ0v) is 14.5. The van der Waals surface area contributed by atoms with Crippen molar-refractivity contribution in [3.63, 3.8) is 0 Å². The maximum Gasteiger partial charge on any atom is 0.246 e. The normalized spacial score (nSPS) is 20.4. The Bertz CT molecular complexity index is 701. The molecule has 0 saturated carbocycles. The van der Waals surface area contributed by atoms with Crippen LogP contribution in [0, 0.1) is 0 Å². The SMILES string of the molecule is CCN(C(=O)/C=C/c1ccc(Cl)c(Cl)c1)C1CCS(=O)(=O)C1. The molecule has 1 fully saturated rings. The summed E-state index contributed by atoms with van der Waals surface area (Å²) in [6, 6.07) is 4.86. The van der Waals surface area contributed by atoms with Gasteiger partial charge >= 0.3 is 0 Å². The first-order valence-corrected chi connectivity index (χ1v) is 9.54. The summed E-state index contributed by atoms with van der Waals surface area (Å²) in [6.07, 6.45) is 3.59. The van der Waals surface area contributed by atoms with E-state index in [1.807, 2.05) is 6.92 Å². The van der Waals surface area contributed by atoms with Crippen molar-refractivity contribution in [3.05, 3.63) is 39.9 Å². The fourth-order valence-corrected chi connectivity index (χ4v) is 4.53. The van der Waals surface area contributed by atoms with Gasteiger partial charge in [-0.2, -0.15) is 0 Å². The first-order chi connectivity index (χ1) is 10.3. The predicted molar refractivity (Wildman–Crippen MR) is 89.9 cm³/mol. The third kappa shape index (κ3) is 4.24. The predicted octanol–water partition coefficient (Wildman–Crippen LogP) is 3.04. The molecule has 1 aliphatic rings. The molecule has 1 aromatic rings. The number of carbonyl (C=O) groups is 1. The molecule has 22 heavy (non-hydrogen) atoms. The van der Waals surface area contributed by atoms with Gasteiger partial charge in [-0.1, -0.05) is 29.3 Å². The molecule has 4 nitrogen and oxygen atoms in total. The highest BCUT2D eigenvalue weighted by Crippen LogP contribution is 2.23. The van der Waals surface area contributed by atoms with Crippen molar-refractivity contribution in [2.24, 2.45) is 0 Å². The second-order valence-electron chi connectivity index (χ2n) is 5.19. The van der Waals surface area contributed by atoms with Crippen molar-refractivity contribution in [2.45, 2.75) is 19.4 Å². The lowest BCUT2D eigenvalue weighted by molar-refractivity contribution is -0.127. The minimum absolute atomic E-state index is 0.0488. The third-order valence-corrected chi connectivity index (χ3v) is 6.12. The van der Waals surface area contributed by atoms with Crippen LogP contribution in [0.1, 0.15) is 18.9 Å². The van der Waals surface area contributed by atoms with Gasteiger partial charge in [0.1, 0.15) is 0 Å². The average molecular weight is 362 g/mol. The zero-order valence-electron chi connectivity index (χ0n) is 12.1. The number of amides is 1. The van der Waals surface area contributed by atoms with Crippen LogP contribution in [0.5, 0.6) is 0 Å². The lowest BCUT2D eigenvalue weighted by Gasteiger charge is -2.25. The van der Waals surface area contributed by atoms with E-state index < -0.39 is 9.84 Å². The van der Waals surface area contributed by atoms with E-state index >= 15 is 0 Å². The van der Waals surface area contributed by atoms with E-state index in [0.717, 1.165) is 5.56 Å². The number of rotatable bonds is 4. The smallest absolute Gasteiger partial charge is 0.246 e. The number of halogens is 2. The Morgan fingerprint density at radius 1 is 1.36 bits per heavy atom. The fourth-order valence-electron chi connectivity index (χ4n) is 2.49. The Morgan fingerprint density at radius 3 is 2.64 bits per heavy atom. The second-order valence-corrected chi connectivity index (χ2v) is 8.23. The lowest BCUT2D eigenvalue weighted by Crippen LogP contribution is -2.40. The molecule has 0 aliphatic carbocycles. The van der Waals surface area contributed by atoms with Gasteiger partial charge in [-0.3, -0.25) is 4.79 Å². The highest BCUT2D eigenvalue weighted by molar-refractivity contribution is 7.91. The number of nitrogens with zero attached hydrogens (tertiary/aromatic N) is 1. The van der Waals surface area contributed by atoms with Crippen LogP contribution in [0.15, 0.2) is 24.3 Å². The number of hydrogen-bond donors (Lipinski definition) is 0. The number of sulfone groups is 1. The summed E-state index contributed by atoms with van der Waals surface area (Å²) in [6.45, 7) is 2.32. The summed E-state index contributed by atoms with van der Waals surface area (Å²) in [7, 11) is -3.01. The van der Waals surface area contributed by atoms with Gasteiger partial charge in [0.25, 0.3) is 0 Å². The molecule has 1 atom stereocenters. The van der Waals surface area contributed by atoms with E-state index in [0.29, 0.717) is 23.0 Å². The van der Waals surface area contributed by atoms with E-state index in [9.17, 15) is 13.2 Å². The van der Waals surface area contributed by atoms with E-state index in [2.05, 4.69) is 0 Å². The average Bonchev–Trinajstić information content (AvgIpc) is 2.81. The minimum atomic E-state index is -3.01. The Balaban J connectivity index is 2.09. The van der Waals surface area contributed by atoms with Gasteiger partial charge in [0.2, 0.25) is 5.91 Å². The first kappa shape index (κ1) is 17.3. The maximum absolute atomic E-state index is 12.3. The maximum atomic E-state index is 12.3. The highest BCUT2D eigenvalue weighted by atomic mass is 35.5. The molecule has 1 unspecified atom stereocenters. The fraction of sp³-hybridized carbons (Fsp3) is 0.400. The largest absolute Gasteiger partial charge is 0.335 e. The molecule has 0 radical (unpaired) electrons. The Morgan fingerprint density at radius 2 is 2.09 bits per heavy atom. The van der Waals surface area contributed by atoms with Gasteiger partial charge in [-0.15, -0.1) is 0 Å². The van der Waals surface area contributed by atoms with Crippen LogP contribution in [0.3, 0.4) is 0 Å². The Hall–Kier alpha value is -1.04. The van der Waals surface area contributed by atoms with Gasteiger partial charge in [-0.25, -0.2) is 8.42 Å².